The number of aromatic nitrogens is 1. The van der Waals surface area contributed by atoms with Crippen molar-refractivity contribution in [3.63, 3.8) is 0 Å². The molecule has 0 atom stereocenters. The van der Waals surface area contributed by atoms with Gasteiger partial charge in [0.05, 0.1) is 11.4 Å². The predicted molar refractivity (Wildman–Crippen MR) is 183 cm³/mol. The van der Waals surface area contributed by atoms with Crippen molar-refractivity contribution in [2.45, 2.75) is 19.3 Å². The number of rotatable bonds is 2. The Morgan fingerprint density at radius 1 is 0.419 bits per heavy atom. The van der Waals surface area contributed by atoms with Gasteiger partial charge in [-0.05, 0) is 89.6 Å². The highest BCUT2D eigenvalue weighted by atomic mass is 14.7. The topological polar surface area (TPSA) is 12.9 Å². The summed E-state index contributed by atoms with van der Waals surface area (Å²) in [5, 5.41) is 10.2. The van der Waals surface area contributed by atoms with E-state index in [0.717, 1.165) is 11.4 Å². The molecule has 0 radical (unpaired) electrons. The molecule has 9 rings (SSSR count). The van der Waals surface area contributed by atoms with Crippen molar-refractivity contribution in [3.8, 4) is 33.6 Å². The van der Waals surface area contributed by atoms with Crippen LogP contribution in [0.15, 0.2) is 140 Å². The Hall–Kier alpha value is -5.27. The minimum atomic E-state index is -0.149. The first-order valence-corrected chi connectivity index (χ1v) is 15.1. The Bertz CT molecular complexity index is 2430. The highest BCUT2D eigenvalue weighted by Gasteiger charge is 2.37. The lowest BCUT2D eigenvalue weighted by atomic mass is 9.81. The maximum atomic E-state index is 5.41. The molecule has 1 aliphatic rings. The van der Waals surface area contributed by atoms with Crippen LogP contribution in [-0.2, 0) is 5.41 Å². The van der Waals surface area contributed by atoms with Crippen LogP contribution < -0.4 is 0 Å². The lowest BCUT2D eigenvalue weighted by Crippen LogP contribution is -2.15. The summed E-state index contributed by atoms with van der Waals surface area (Å²) in [7, 11) is 0. The largest absolute Gasteiger partial charge is 0.247 e. The van der Waals surface area contributed by atoms with Gasteiger partial charge in [-0.1, -0.05) is 129 Å². The molecule has 0 N–H and O–H groups in total. The normalized spacial score (nSPS) is 13.5. The molecule has 0 saturated heterocycles. The third kappa shape index (κ3) is 3.49. The van der Waals surface area contributed by atoms with Crippen molar-refractivity contribution in [1.82, 2.24) is 4.98 Å². The van der Waals surface area contributed by atoms with Gasteiger partial charge in [0.2, 0.25) is 0 Å². The maximum absolute atomic E-state index is 5.41. The fraction of sp³-hybridized carbons (Fsp3) is 0.0714. The van der Waals surface area contributed by atoms with Crippen LogP contribution >= 0.6 is 0 Å². The van der Waals surface area contributed by atoms with Crippen molar-refractivity contribution in [2.75, 3.05) is 0 Å². The summed E-state index contributed by atoms with van der Waals surface area (Å²) in [6.07, 6.45) is 0. The molecule has 1 heteroatoms. The molecule has 0 saturated carbocycles. The lowest BCUT2D eigenvalue weighted by Gasteiger charge is -2.22. The average molecular weight is 548 g/mol. The molecule has 0 fully saturated rings. The first kappa shape index (κ1) is 24.3. The van der Waals surface area contributed by atoms with E-state index in [1.165, 1.54) is 76.5 Å². The van der Waals surface area contributed by atoms with Crippen LogP contribution in [0.2, 0.25) is 0 Å². The Labute approximate surface area is 251 Å². The molecule has 8 aromatic rings. The lowest BCUT2D eigenvalue weighted by molar-refractivity contribution is 0.659. The fourth-order valence-corrected chi connectivity index (χ4v) is 7.46. The first-order chi connectivity index (χ1) is 21.1. The number of benzene rings is 7. The van der Waals surface area contributed by atoms with Gasteiger partial charge >= 0.3 is 0 Å². The molecule has 1 aromatic heterocycles. The van der Waals surface area contributed by atoms with Crippen LogP contribution in [0.3, 0.4) is 0 Å². The van der Waals surface area contributed by atoms with E-state index in [9.17, 15) is 0 Å². The summed E-state index contributed by atoms with van der Waals surface area (Å²) in [6, 6.07) is 51.1. The second-order valence-corrected chi connectivity index (χ2v) is 12.4. The van der Waals surface area contributed by atoms with E-state index in [0.29, 0.717) is 0 Å². The van der Waals surface area contributed by atoms with Crippen molar-refractivity contribution in [2.24, 2.45) is 0 Å². The number of hydrogen-bond donors (Lipinski definition) is 0. The quantitative estimate of drug-likeness (QED) is 0.196. The summed E-state index contributed by atoms with van der Waals surface area (Å²) >= 11 is 0. The number of nitrogens with zero attached hydrogens (tertiary/aromatic N) is 1. The third-order valence-corrected chi connectivity index (χ3v) is 9.64. The van der Waals surface area contributed by atoms with Crippen LogP contribution in [-0.4, -0.2) is 4.98 Å². The smallest absolute Gasteiger partial charge is 0.0753 e. The molecule has 1 aliphatic carbocycles. The zero-order valence-corrected chi connectivity index (χ0v) is 24.2. The third-order valence-electron chi connectivity index (χ3n) is 9.64. The van der Waals surface area contributed by atoms with Crippen LogP contribution in [0.1, 0.15) is 25.0 Å². The second kappa shape index (κ2) is 8.86. The van der Waals surface area contributed by atoms with E-state index in [-0.39, 0.29) is 5.41 Å². The Morgan fingerprint density at radius 2 is 0.953 bits per heavy atom. The first-order valence-electron chi connectivity index (χ1n) is 15.1. The number of fused-ring (bicyclic) bond motifs is 9. The van der Waals surface area contributed by atoms with Gasteiger partial charge in [0.25, 0.3) is 0 Å². The van der Waals surface area contributed by atoms with Gasteiger partial charge in [0, 0.05) is 16.5 Å². The molecular weight excluding hydrogens is 518 g/mol. The zero-order chi connectivity index (χ0) is 28.7. The standard InChI is InChI=1S/C42H29N/c1-42(2)38-21-22-40(37-24-27-12-4-6-14-30(27)32-16-8-10-18-34(32)37)43-41(38)35-20-19-28(25-39(35)42)36-23-26-11-3-5-13-29(26)31-15-7-9-17-33(31)36/h3-25H,1-2H3. The van der Waals surface area contributed by atoms with Crippen molar-refractivity contribution in [1.29, 1.82) is 0 Å². The van der Waals surface area contributed by atoms with Gasteiger partial charge in [-0.15, -0.1) is 0 Å². The van der Waals surface area contributed by atoms with Gasteiger partial charge in [0.15, 0.2) is 0 Å². The number of pyridine rings is 1. The molecule has 0 bridgehead atoms. The molecule has 0 amide bonds. The number of hydrogen-bond acceptors (Lipinski definition) is 1. The molecular formula is C42H29N. The monoisotopic (exact) mass is 547 g/mol. The van der Waals surface area contributed by atoms with E-state index < -0.39 is 0 Å². The van der Waals surface area contributed by atoms with Gasteiger partial charge in [-0.3, -0.25) is 0 Å². The van der Waals surface area contributed by atoms with Crippen LogP contribution in [0, 0.1) is 0 Å². The Morgan fingerprint density at radius 3 is 1.60 bits per heavy atom. The molecule has 7 aromatic carbocycles. The molecule has 1 nitrogen and oxygen atoms in total. The van der Waals surface area contributed by atoms with Crippen molar-refractivity contribution >= 4 is 43.1 Å². The second-order valence-electron chi connectivity index (χ2n) is 12.4. The molecule has 0 unspecified atom stereocenters. The van der Waals surface area contributed by atoms with Crippen LogP contribution in [0.25, 0.3) is 76.7 Å². The summed E-state index contributed by atoms with van der Waals surface area (Å²) in [4.78, 5) is 5.41. The molecule has 1 heterocycles. The summed E-state index contributed by atoms with van der Waals surface area (Å²) in [5.41, 5.74) is 9.55. The van der Waals surface area contributed by atoms with E-state index in [1.807, 2.05) is 0 Å². The minimum Gasteiger partial charge on any atom is -0.247 e. The summed E-state index contributed by atoms with van der Waals surface area (Å²) < 4.78 is 0. The van der Waals surface area contributed by atoms with Gasteiger partial charge in [-0.2, -0.15) is 0 Å². The minimum absolute atomic E-state index is 0.149. The van der Waals surface area contributed by atoms with E-state index in [2.05, 4.69) is 153 Å². The van der Waals surface area contributed by atoms with E-state index >= 15 is 0 Å². The summed E-state index contributed by atoms with van der Waals surface area (Å²) in [6.45, 7) is 4.68. The fourth-order valence-electron chi connectivity index (χ4n) is 7.46. The SMILES string of the molecule is CC1(C)c2cc(-c3cc4ccccc4c4ccccc34)ccc2-c2nc(-c3cc4ccccc4c4ccccc34)ccc21. The molecule has 0 aliphatic heterocycles. The molecule has 43 heavy (non-hydrogen) atoms. The van der Waals surface area contributed by atoms with Gasteiger partial charge in [-0.25, -0.2) is 4.98 Å². The van der Waals surface area contributed by atoms with Gasteiger partial charge < -0.3 is 0 Å². The maximum Gasteiger partial charge on any atom is 0.0753 e. The van der Waals surface area contributed by atoms with Crippen LogP contribution in [0.4, 0.5) is 0 Å². The Balaban J connectivity index is 1.24. The van der Waals surface area contributed by atoms with Crippen molar-refractivity contribution in [3.05, 3.63) is 151 Å². The molecule has 0 spiro atoms. The van der Waals surface area contributed by atoms with Gasteiger partial charge in [0.1, 0.15) is 0 Å². The Kier molecular flexibility index (Phi) is 5.02. The van der Waals surface area contributed by atoms with Crippen LogP contribution in [0.5, 0.6) is 0 Å². The highest BCUT2D eigenvalue weighted by molar-refractivity contribution is 6.15. The van der Waals surface area contributed by atoms with Crippen molar-refractivity contribution < 1.29 is 0 Å². The van der Waals surface area contributed by atoms with E-state index in [1.54, 1.807) is 0 Å². The average Bonchev–Trinajstić information content (AvgIpc) is 3.29. The molecule has 202 valence electrons. The summed E-state index contributed by atoms with van der Waals surface area (Å²) in [5.74, 6) is 0. The predicted octanol–water partition coefficient (Wildman–Crippen LogP) is 11.3. The zero-order valence-electron chi connectivity index (χ0n) is 24.2. The highest BCUT2D eigenvalue weighted by Crippen LogP contribution is 2.50. The van der Waals surface area contributed by atoms with E-state index in [4.69, 9.17) is 4.98 Å².